The molecule has 10 heteroatoms. The summed E-state index contributed by atoms with van der Waals surface area (Å²) in [6.45, 7) is 0. The monoisotopic (exact) mass is 463 g/mol. The number of carbonyl (C=O) groups excluding carboxylic acids is 3. The highest BCUT2D eigenvalue weighted by molar-refractivity contribution is 8.15. The minimum absolute atomic E-state index is 0.299. The zero-order valence-electron chi connectivity index (χ0n) is 17.9. The molecular weight excluding hydrogens is 442 g/mol. The maximum absolute atomic E-state index is 12.6. The summed E-state index contributed by atoms with van der Waals surface area (Å²) in [6.07, 6.45) is 10.5. The van der Waals surface area contributed by atoms with Crippen LogP contribution >= 0.6 is 11.8 Å². The van der Waals surface area contributed by atoms with Gasteiger partial charge >= 0.3 is 0 Å². The van der Waals surface area contributed by atoms with E-state index in [1.165, 1.54) is 13.2 Å². The Kier molecular flexibility index (Phi) is 6.55. The van der Waals surface area contributed by atoms with Gasteiger partial charge in [-0.2, -0.15) is 5.10 Å². The van der Waals surface area contributed by atoms with Gasteiger partial charge in [-0.3, -0.25) is 29.4 Å². The van der Waals surface area contributed by atoms with E-state index in [1.807, 2.05) is 19.3 Å². The molecule has 33 heavy (non-hydrogen) atoms. The Morgan fingerprint density at radius 2 is 2.15 bits per heavy atom. The van der Waals surface area contributed by atoms with Crippen molar-refractivity contribution in [2.24, 2.45) is 7.05 Å². The average Bonchev–Trinajstić information content (AvgIpc) is 3.37. The van der Waals surface area contributed by atoms with Crippen LogP contribution in [0.5, 0.6) is 5.75 Å². The van der Waals surface area contributed by atoms with Crippen molar-refractivity contribution in [2.75, 3.05) is 12.4 Å². The van der Waals surface area contributed by atoms with Gasteiger partial charge in [0.05, 0.1) is 24.2 Å². The third-order valence-electron chi connectivity index (χ3n) is 4.99. The Morgan fingerprint density at radius 1 is 1.30 bits per heavy atom. The van der Waals surface area contributed by atoms with Crippen molar-refractivity contribution in [1.82, 2.24) is 20.1 Å². The predicted molar refractivity (Wildman–Crippen MR) is 126 cm³/mol. The minimum atomic E-state index is -0.473. The molecule has 168 valence electrons. The van der Waals surface area contributed by atoms with E-state index in [4.69, 9.17) is 4.74 Å². The van der Waals surface area contributed by atoms with Crippen LogP contribution in [0.4, 0.5) is 10.5 Å². The van der Waals surface area contributed by atoms with Crippen LogP contribution in [-0.2, 0) is 23.1 Å². The van der Waals surface area contributed by atoms with Gasteiger partial charge in [0.25, 0.3) is 5.24 Å². The zero-order chi connectivity index (χ0) is 23.4. The molecule has 0 spiro atoms. The van der Waals surface area contributed by atoms with E-state index in [2.05, 4.69) is 20.7 Å². The van der Waals surface area contributed by atoms with Crippen molar-refractivity contribution in [3.05, 3.63) is 66.3 Å². The van der Waals surface area contributed by atoms with Gasteiger partial charge < -0.3 is 10.1 Å². The number of ether oxygens (including phenoxy) is 1. The van der Waals surface area contributed by atoms with Gasteiger partial charge in [-0.25, -0.2) is 0 Å². The number of hydrogen-bond donors (Lipinski definition) is 2. The van der Waals surface area contributed by atoms with Crippen molar-refractivity contribution >= 4 is 40.6 Å². The zero-order valence-corrected chi connectivity index (χ0v) is 18.8. The smallest absolute Gasteiger partial charge is 0.286 e. The number of nitrogens with one attached hydrogen (secondary N) is 2. The van der Waals surface area contributed by atoms with Gasteiger partial charge in [-0.05, 0) is 41.8 Å². The van der Waals surface area contributed by atoms with Gasteiger partial charge in [0.1, 0.15) is 5.75 Å². The summed E-state index contributed by atoms with van der Waals surface area (Å²) in [6, 6.07) is 7.12. The fraction of sp³-hybridized carbons (Fsp3) is 0.174. The number of benzene rings is 1. The number of carbonyl (C=O) groups is 3. The van der Waals surface area contributed by atoms with Crippen LogP contribution in [0.15, 0.2) is 55.1 Å². The first kappa shape index (κ1) is 22.3. The van der Waals surface area contributed by atoms with Crippen LogP contribution in [0, 0.1) is 0 Å². The molecule has 1 fully saturated rings. The summed E-state index contributed by atoms with van der Waals surface area (Å²) in [4.78, 5) is 39.9. The van der Waals surface area contributed by atoms with Gasteiger partial charge in [0.15, 0.2) is 0 Å². The number of amides is 3. The summed E-state index contributed by atoms with van der Waals surface area (Å²) < 4.78 is 7.12. The van der Waals surface area contributed by atoms with Crippen molar-refractivity contribution in [3.63, 3.8) is 0 Å². The summed E-state index contributed by atoms with van der Waals surface area (Å²) in [7, 11) is 3.34. The van der Waals surface area contributed by atoms with Crippen LogP contribution in [0.1, 0.15) is 11.1 Å². The second kappa shape index (κ2) is 9.70. The fourth-order valence-corrected chi connectivity index (χ4v) is 4.27. The largest absolute Gasteiger partial charge is 0.495 e. The number of anilines is 1. The SMILES string of the molecule is COc1cc(CC2SC(=O)NC2=O)ccc1NC(=O)/C=C/c1cnccc1-c1cnn(C)c1. The van der Waals surface area contributed by atoms with Crippen LogP contribution in [0.25, 0.3) is 17.2 Å². The summed E-state index contributed by atoms with van der Waals surface area (Å²) in [5, 5.41) is 8.46. The quantitative estimate of drug-likeness (QED) is 0.518. The molecule has 0 bridgehead atoms. The van der Waals surface area contributed by atoms with Gasteiger partial charge in [-0.15, -0.1) is 0 Å². The van der Waals surface area contributed by atoms with E-state index < -0.39 is 5.25 Å². The predicted octanol–water partition coefficient (Wildman–Crippen LogP) is 3.04. The number of pyridine rings is 1. The molecule has 0 saturated carbocycles. The van der Waals surface area contributed by atoms with Crippen LogP contribution in [-0.4, -0.2) is 44.2 Å². The number of hydrogen-bond acceptors (Lipinski definition) is 7. The highest BCUT2D eigenvalue weighted by Gasteiger charge is 2.31. The maximum Gasteiger partial charge on any atom is 0.286 e. The summed E-state index contributed by atoms with van der Waals surface area (Å²) >= 11 is 0.972. The Balaban J connectivity index is 1.46. The third-order valence-corrected chi connectivity index (χ3v) is 5.98. The number of aryl methyl sites for hydroxylation is 1. The minimum Gasteiger partial charge on any atom is -0.495 e. The van der Waals surface area contributed by atoms with Crippen molar-refractivity contribution in [2.45, 2.75) is 11.7 Å². The molecule has 1 aromatic carbocycles. The first-order valence-electron chi connectivity index (χ1n) is 10.0. The lowest BCUT2D eigenvalue weighted by molar-refractivity contribution is -0.119. The molecule has 1 aliphatic rings. The lowest BCUT2D eigenvalue weighted by Gasteiger charge is -2.12. The molecule has 1 unspecified atom stereocenters. The van der Waals surface area contributed by atoms with Crippen LogP contribution in [0.2, 0.25) is 0 Å². The molecule has 9 nitrogen and oxygen atoms in total. The maximum atomic E-state index is 12.6. The molecule has 3 heterocycles. The highest BCUT2D eigenvalue weighted by atomic mass is 32.2. The number of aromatic nitrogens is 3. The van der Waals surface area contributed by atoms with Crippen molar-refractivity contribution in [1.29, 1.82) is 0 Å². The first-order chi connectivity index (χ1) is 15.9. The van der Waals surface area contributed by atoms with E-state index in [1.54, 1.807) is 47.5 Å². The number of methoxy groups -OCH3 is 1. The Morgan fingerprint density at radius 3 is 2.85 bits per heavy atom. The Hall–Kier alpha value is -3.92. The molecule has 3 aromatic rings. The molecule has 3 amide bonds. The van der Waals surface area contributed by atoms with Gasteiger partial charge in [0.2, 0.25) is 11.8 Å². The first-order valence-corrected chi connectivity index (χ1v) is 10.9. The Bertz CT molecular complexity index is 1250. The van der Waals surface area contributed by atoms with Gasteiger partial charge in [0, 0.05) is 42.8 Å². The van der Waals surface area contributed by atoms with Crippen molar-refractivity contribution < 1.29 is 19.1 Å². The number of imide groups is 1. The van der Waals surface area contributed by atoms with E-state index >= 15 is 0 Å². The molecule has 0 radical (unpaired) electrons. The van der Waals surface area contributed by atoms with Crippen LogP contribution < -0.4 is 15.4 Å². The highest BCUT2D eigenvalue weighted by Crippen LogP contribution is 2.29. The molecule has 2 N–H and O–H groups in total. The van der Waals surface area contributed by atoms with E-state index in [0.717, 1.165) is 34.0 Å². The standard InChI is InChI=1S/C23H21N5O4S/c1-28-13-16(12-25-28)17-7-8-24-11-15(17)4-6-21(29)26-18-5-3-14(9-19(18)32-2)10-20-22(30)27-23(31)33-20/h3-9,11-13,20H,10H2,1-2H3,(H,26,29)(H,27,30,31)/b6-4+. The lowest BCUT2D eigenvalue weighted by Crippen LogP contribution is -2.25. The second-order valence-corrected chi connectivity index (χ2v) is 8.49. The van der Waals surface area contributed by atoms with E-state index in [0.29, 0.717) is 17.9 Å². The molecular formula is C23H21N5O4S. The molecule has 1 aliphatic heterocycles. The molecule has 0 aliphatic carbocycles. The fourth-order valence-electron chi connectivity index (χ4n) is 3.41. The number of nitrogens with zero attached hydrogens (tertiary/aromatic N) is 3. The topological polar surface area (TPSA) is 115 Å². The van der Waals surface area contributed by atoms with E-state index in [-0.39, 0.29) is 17.1 Å². The van der Waals surface area contributed by atoms with E-state index in [9.17, 15) is 14.4 Å². The summed E-state index contributed by atoms with van der Waals surface area (Å²) in [5.74, 6) is -0.174. The Labute approximate surface area is 194 Å². The third kappa shape index (κ3) is 5.29. The van der Waals surface area contributed by atoms with Crippen molar-refractivity contribution in [3.8, 4) is 16.9 Å². The lowest BCUT2D eigenvalue weighted by atomic mass is 10.0. The molecule has 4 rings (SSSR count). The molecule has 1 atom stereocenters. The van der Waals surface area contributed by atoms with Crippen LogP contribution in [0.3, 0.4) is 0 Å². The van der Waals surface area contributed by atoms with Gasteiger partial charge in [-0.1, -0.05) is 17.8 Å². The number of thioether (sulfide) groups is 1. The normalized spacial score (nSPS) is 15.6. The summed E-state index contributed by atoms with van der Waals surface area (Å²) in [5.41, 5.74) is 3.93. The average molecular weight is 464 g/mol. The molecule has 1 saturated heterocycles. The molecule has 2 aromatic heterocycles. The number of rotatable bonds is 7. The second-order valence-electron chi connectivity index (χ2n) is 7.31.